The molecule has 618 valence electrons. The van der Waals surface area contributed by atoms with Gasteiger partial charge in [0, 0.05) is 67.5 Å². The smallest absolute Gasteiger partial charge is 0.252 e. The standard InChI is InChI=1S/C120H107BN4Si2/c1-12-40-84(41-13-1)89-78-116-118-117(79-89)125(120-102(87-46-18-4-19-47-87)66-39-67-103(120)88-48-20-5-21-49-88)115-81-91(123-111-69-37-35-63-105(111)107-83-99(73-77-113(107)123)127(95-56-28-9-29-57-95,96-58-30-10-31-59-96)97-60-32-11-33-61-97)71-75-109(115)121(118)108-74-70-90(80-114(108)124(116)119-100(85-42-14-2-15-43-85)64-38-65-101(119)86-44-16-3-17-45-86)122-110-68-36-34-62-104(110)106-82-98(72-76-112(106)122)126(92-50-22-6-23-51-92,93-52-24-7-25-53-93)94-54-26-8-27-55-94/h1-2,4,6-14,18,22-37,40-41,44,48,50-64,66,68-83,85,87,101,103,119-120H,3,5,15-17,19-21,38-39,42-43,45-47,49,65,67H2. The van der Waals surface area contributed by atoms with Crippen molar-refractivity contribution in [2.75, 3.05) is 9.80 Å². The largest absolute Gasteiger partial charge is 0.334 e. The zero-order chi connectivity index (χ0) is 83.9. The van der Waals surface area contributed by atoms with Crippen LogP contribution in [-0.4, -0.2) is 44.1 Å². The summed E-state index contributed by atoms with van der Waals surface area (Å²) >= 11 is 0. The number of aromatic nitrogens is 2. The number of allylic oxidation sites excluding steroid dienone is 8. The molecule has 127 heavy (non-hydrogen) atoms. The summed E-state index contributed by atoms with van der Waals surface area (Å²) in [6, 6.07) is 136. The molecule has 2 aliphatic heterocycles. The van der Waals surface area contributed by atoms with Crippen molar-refractivity contribution in [2.24, 2.45) is 23.7 Å². The minimum absolute atomic E-state index is 0.0701. The second-order valence-corrected chi connectivity index (χ2v) is 45.1. The number of benzene rings is 14. The first-order chi connectivity index (χ1) is 63.1. The summed E-state index contributed by atoms with van der Waals surface area (Å²) in [5, 5.41) is 16.1. The molecule has 6 aliphatic carbocycles. The molecular weight excluding hydrogens is 1560 g/mol. The third kappa shape index (κ3) is 12.9. The van der Waals surface area contributed by atoms with E-state index in [2.05, 4.69) is 413 Å². The summed E-state index contributed by atoms with van der Waals surface area (Å²) in [5.74, 6) is 1.51. The molecule has 4 nitrogen and oxygen atoms in total. The average Bonchev–Trinajstić information content (AvgIpc) is 1.60. The Hall–Kier alpha value is -12.8. The summed E-state index contributed by atoms with van der Waals surface area (Å²) in [5.41, 5.74) is 26.2. The van der Waals surface area contributed by atoms with Crippen LogP contribution in [0.3, 0.4) is 0 Å². The summed E-state index contributed by atoms with van der Waals surface area (Å²) in [6.07, 6.45) is 41.9. The van der Waals surface area contributed by atoms with Crippen molar-refractivity contribution in [3.8, 4) is 22.5 Å². The average molecular weight is 1670 g/mol. The monoisotopic (exact) mass is 1670 g/mol. The van der Waals surface area contributed by atoms with E-state index in [9.17, 15) is 0 Å². The number of hydrogen-bond donors (Lipinski definition) is 0. The van der Waals surface area contributed by atoms with Crippen molar-refractivity contribution in [1.82, 2.24) is 9.13 Å². The topological polar surface area (TPSA) is 16.3 Å². The highest BCUT2D eigenvalue weighted by Crippen LogP contribution is 2.54. The van der Waals surface area contributed by atoms with Crippen molar-refractivity contribution >= 4 is 147 Å². The number of nitrogens with zero attached hydrogens (tertiary/aromatic N) is 4. The lowest BCUT2D eigenvalue weighted by atomic mass is 9.33. The van der Waals surface area contributed by atoms with Crippen molar-refractivity contribution < 1.29 is 0 Å². The molecule has 0 N–H and O–H groups in total. The van der Waals surface area contributed by atoms with Crippen LogP contribution in [-0.2, 0) is 0 Å². The number of fused-ring (bicyclic) bond motifs is 10. The number of anilines is 4. The fourth-order valence-corrected chi connectivity index (χ4v) is 35.1. The van der Waals surface area contributed by atoms with E-state index in [1.807, 2.05) is 0 Å². The van der Waals surface area contributed by atoms with E-state index in [0.29, 0.717) is 23.7 Å². The van der Waals surface area contributed by atoms with Gasteiger partial charge in [-0.05, 0) is 268 Å². The van der Waals surface area contributed by atoms with Crippen LogP contribution in [0.15, 0.2) is 417 Å². The normalized spacial score (nSPS) is 20.0. The van der Waals surface area contributed by atoms with E-state index >= 15 is 0 Å². The zero-order valence-electron chi connectivity index (χ0n) is 72.6. The van der Waals surface area contributed by atoms with Crippen molar-refractivity contribution in [2.45, 2.75) is 128 Å². The van der Waals surface area contributed by atoms with E-state index in [1.165, 1.54) is 185 Å². The molecule has 4 heterocycles. The molecule has 2 aromatic heterocycles. The molecule has 0 amide bonds. The van der Waals surface area contributed by atoms with Gasteiger partial charge in [-0.3, -0.25) is 0 Å². The molecule has 14 aromatic carbocycles. The minimum atomic E-state index is -2.94. The molecule has 0 bridgehead atoms. The maximum Gasteiger partial charge on any atom is 0.252 e. The number of hydrogen-bond acceptors (Lipinski definition) is 2. The first-order valence-electron chi connectivity index (χ1n) is 47.6. The summed E-state index contributed by atoms with van der Waals surface area (Å²) in [6.45, 7) is -0.127. The summed E-state index contributed by atoms with van der Waals surface area (Å²) < 4.78 is 5.33. The lowest BCUT2D eigenvalue weighted by Gasteiger charge is -2.53. The number of rotatable bonds is 17. The highest BCUT2D eigenvalue weighted by molar-refractivity contribution is 7.20. The van der Waals surface area contributed by atoms with Gasteiger partial charge in [0.05, 0.1) is 34.2 Å². The van der Waals surface area contributed by atoms with Crippen LogP contribution in [0.2, 0.25) is 0 Å². The predicted molar refractivity (Wildman–Crippen MR) is 545 cm³/mol. The molecule has 8 aliphatic rings. The molecule has 0 saturated heterocycles. The van der Waals surface area contributed by atoms with E-state index in [-0.39, 0.29) is 18.8 Å². The molecule has 0 spiro atoms. The van der Waals surface area contributed by atoms with Gasteiger partial charge in [0.2, 0.25) is 0 Å². The van der Waals surface area contributed by atoms with Gasteiger partial charge in [0.15, 0.2) is 16.1 Å². The fourth-order valence-electron chi connectivity index (χ4n) is 25.5. The van der Waals surface area contributed by atoms with E-state index in [1.54, 1.807) is 22.3 Å². The van der Waals surface area contributed by atoms with E-state index in [0.717, 1.165) is 77.0 Å². The van der Waals surface area contributed by atoms with Crippen molar-refractivity contribution in [3.05, 3.63) is 417 Å². The van der Waals surface area contributed by atoms with Crippen LogP contribution < -0.4 is 67.7 Å². The van der Waals surface area contributed by atoms with Crippen molar-refractivity contribution in [3.63, 3.8) is 0 Å². The lowest BCUT2D eigenvalue weighted by Crippen LogP contribution is -2.74. The molecule has 24 rings (SSSR count). The lowest BCUT2D eigenvalue weighted by molar-refractivity contribution is 0.391. The van der Waals surface area contributed by atoms with Gasteiger partial charge in [-0.25, -0.2) is 0 Å². The first-order valence-corrected chi connectivity index (χ1v) is 51.6. The predicted octanol–water partition coefficient (Wildman–Crippen LogP) is 22.8. The third-order valence-electron chi connectivity index (χ3n) is 31.0. The quantitative estimate of drug-likeness (QED) is 0.0513. The molecule has 6 atom stereocenters. The van der Waals surface area contributed by atoms with E-state index in [4.69, 9.17) is 0 Å². The van der Waals surface area contributed by atoms with Crippen LogP contribution >= 0.6 is 0 Å². The third-order valence-corrected chi connectivity index (χ3v) is 40.5. The highest BCUT2D eigenvalue weighted by atomic mass is 28.3. The maximum absolute atomic E-state index is 3.08. The SMILES string of the molecule is C1=CCC(C2=CCCC(C3=CCCCC3)C2N2c3cc(-n4c5ccccc5c5cc([Si](c6ccccc6)(c6ccccc6)c6ccccc6)ccc54)ccc3B3c4ccc(-n5c6ccccc6c6cc([Si](c7ccccc7)(c7ccccc7)c7ccccc7)ccc65)cc4N(C4C(C5CC=CCC5)=CCCC4C4=CCCCC4)c4cc(-c5ccccc5)cc2c43)CC1. The van der Waals surface area contributed by atoms with Gasteiger partial charge in [0.1, 0.15) is 0 Å². The second kappa shape index (κ2) is 32.9. The molecule has 7 heteroatoms. The van der Waals surface area contributed by atoms with Gasteiger partial charge in [-0.15, -0.1) is 0 Å². The Kier molecular flexibility index (Phi) is 20.1. The first kappa shape index (κ1) is 77.8. The Morgan fingerprint density at radius 3 is 1.01 bits per heavy atom. The van der Waals surface area contributed by atoms with Gasteiger partial charge in [-0.1, -0.05) is 345 Å². The highest BCUT2D eigenvalue weighted by Gasteiger charge is 2.52. The zero-order valence-corrected chi connectivity index (χ0v) is 74.6. The van der Waals surface area contributed by atoms with Gasteiger partial charge in [0.25, 0.3) is 6.71 Å². The maximum atomic E-state index is 3.08. The van der Waals surface area contributed by atoms with Gasteiger partial charge in [-0.2, -0.15) is 0 Å². The van der Waals surface area contributed by atoms with E-state index < -0.39 is 16.1 Å². The fraction of sp³-hybridized carbons (Fsp3) is 0.200. The second-order valence-electron chi connectivity index (χ2n) is 37.5. The molecule has 6 unspecified atom stereocenters. The number of para-hydroxylation sites is 2. The Labute approximate surface area is 751 Å². The molecular formula is C120H107BN4Si2. The molecule has 16 aromatic rings. The van der Waals surface area contributed by atoms with Gasteiger partial charge >= 0.3 is 0 Å². The Morgan fingerprint density at radius 1 is 0.268 bits per heavy atom. The molecule has 0 saturated carbocycles. The van der Waals surface area contributed by atoms with Crippen LogP contribution in [0, 0.1) is 23.7 Å². The Bertz CT molecular complexity index is 6490. The summed E-state index contributed by atoms with van der Waals surface area (Å²) in [4.78, 5) is 6.16. The van der Waals surface area contributed by atoms with Crippen molar-refractivity contribution in [1.29, 1.82) is 0 Å². The minimum Gasteiger partial charge on any atom is -0.334 e. The van der Waals surface area contributed by atoms with Crippen LogP contribution in [0.1, 0.15) is 116 Å². The van der Waals surface area contributed by atoms with Crippen LogP contribution in [0.25, 0.3) is 66.1 Å². The van der Waals surface area contributed by atoms with Gasteiger partial charge < -0.3 is 18.9 Å². The molecule has 0 fully saturated rings. The molecule has 0 radical (unpaired) electrons. The Morgan fingerprint density at radius 2 is 0.638 bits per heavy atom. The van der Waals surface area contributed by atoms with Crippen LogP contribution in [0.4, 0.5) is 22.7 Å². The Balaban J connectivity index is 0.786. The van der Waals surface area contributed by atoms with Crippen LogP contribution in [0.5, 0.6) is 0 Å². The summed E-state index contributed by atoms with van der Waals surface area (Å²) in [7, 11) is -5.87.